The summed E-state index contributed by atoms with van der Waals surface area (Å²) in [7, 11) is 1.64. The Morgan fingerprint density at radius 1 is 1.32 bits per heavy atom. The van der Waals surface area contributed by atoms with Crippen molar-refractivity contribution in [3.05, 3.63) is 0 Å². The number of amides is 2. The van der Waals surface area contributed by atoms with Crippen LogP contribution in [0.4, 0.5) is 4.79 Å². The second-order valence-corrected chi connectivity index (χ2v) is 6.17. The second-order valence-electron chi connectivity index (χ2n) is 6.17. The van der Waals surface area contributed by atoms with Gasteiger partial charge < -0.3 is 15.0 Å². The number of nitrogens with zero attached hydrogens (tertiary/aromatic N) is 1. The van der Waals surface area contributed by atoms with Crippen LogP contribution in [0.1, 0.15) is 46.5 Å². The van der Waals surface area contributed by atoms with Crippen LogP contribution in [0.2, 0.25) is 0 Å². The highest BCUT2D eigenvalue weighted by molar-refractivity contribution is 5.76. The lowest BCUT2D eigenvalue weighted by molar-refractivity contribution is -0.121. The monoisotopic (exact) mass is 270 g/mol. The minimum atomic E-state index is -0.473. The van der Waals surface area contributed by atoms with Crippen molar-refractivity contribution in [1.82, 2.24) is 10.2 Å². The molecule has 0 aliphatic carbocycles. The van der Waals surface area contributed by atoms with Gasteiger partial charge in [-0.3, -0.25) is 4.79 Å². The van der Waals surface area contributed by atoms with Gasteiger partial charge in [0, 0.05) is 26.6 Å². The zero-order valence-electron chi connectivity index (χ0n) is 12.5. The van der Waals surface area contributed by atoms with Crippen molar-refractivity contribution in [3.8, 4) is 0 Å². The van der Waals surface area contributed by atoms with Gasteiger partial charge in [0.1, 0.15) is 5.60 Å². The predicted molar refractivity (Wildman–Crippen MR) is 73.8 cm³/mol. The molecule has 1 heterocycles. The van der Waals surface area contributed by atoms with E-state index in [9.17, 15) is 9.59 Å². The molecule has 0 aromatic heterocycles. The van der Waals surface area contributed by atoms with E-state index in [0.29, 0.717) is 13.0 Å². The molecular formula is C14H26N2O3. The van der Waals surface area contributed by atoms with E-state index in [2.05, 4.69) is 5.32 Å². The SMILES string of the molecule is CNC(=O)CC1CCCCN(C(=O)OC(C)(C)C)C1. The van der Waals surface area contributed by atoms with Gasteiger partial charge in [-0.15, -0.1) is 0 Å². The first-order valence-electron chi connectivity index (χ1n) is 7.00. The lowest BCUT2D eigenvalue weighted by atomic mass is 9.99. The van der Waals surface area contributed by atoms with E-state index in [4.69, 9.17) is 4.74 Å². The Hall–Kier alpha value is -1.26. The maximum Gasteiger partial charge on any atom is 0.410 e. The first-order chi connectivity index (χ1) is 8.81. The Balaban J connectivity index is 2.57. The molecule has 1 N–H and O–H groups in total. The van der Waals surface area contributed by atoms with Crippen molar-refractivity contribution >= 4 is 12.0 Å². The standard InChI is InChI=1S/C14H26N2O3/c1-14(2,3)19-13(18)16-8-6-5-7-11(10-16)9-12(17)15-4/h11H,5-10H2,1-4H3,(H,15,17). The molecule has 0 aromatic carbocycles. The molecule has 1 fully saturated rings. The first-order valence-corrected chi connectivity index (χ1v) is 7.00. The molecule has 1 atom stereocenters. The molecule has 0 aromatic rings. The van der Waals surface area contributed by atoms with Crippen molar-refractivity contribution in [3.63, 3.8) is 0 Å². The average molecular weight is 270 g/mol. The molecule has 0 saturated carbocycles. The normalized spacial score (nSPS) is 20.6. The van der Waals surface area contributed by atoms with E-state index in [1.165, 1.54) is 0 Å². The Morgan fingerprint density at radius 2 is 2.00 bits per heavy atom. The molecule has 2 amide bonds. The molecule has 1 rings (SSSR count). The number of hydrogen-bond acceptors (Lipinski definition) is 3. The summed E-state index contributed by atoms with van der Waals surface area (Å²) < 4.78 is 5.40. The zero-order valence-corrected chi connectivity index (χ0v) is 12.5. The Labute approximate surface area is 115 Å². The fraction of sp³-hybridized carbons (Fsp3) is 0.857. The second kappa shape index (κ2) is 6.78. The van der Waals surface area contributed by atoms with Crippen molar-refractivity contribution in [2.45, 2.75) is 52.1 Å². The van der Waals surface area contributed by atoms with E-state index in [0.717, 1.165) is 25.8 Å². The highest BCUT2D eigenvalue weighted by Gasteiger charge is 2.27. The molecule has 1 saturated heterocycles. The van der Waals surface area contributed by atoms with Gasteiger partial charge in [0.25, 0.3) is 0 Å². The molecule has 5 heteroatoms. The fourth-order valence-electron chi connectivity index (χ4n) is 2.25. The topological polar surface area (TPSA) is 58.6 Å². The van der Waals surface area contributed by atoms with E-state index < -0.39 is 5.60 Å². The average Bonchev–Trinajstić information content (AvgIpc) is 2.52. The van der Waals surface area contributed by atoms with E-state index >= 15 is 0 Å². The molecule has 0 radical (unpaired) electrons. The van der Waals surface area contributed by atoms with Crippen molar-refractivity contribution in [2.24, 2.45) is 5.92 Å². The molecule has 1 aliphatic rings. The zero-order chi connectivity index (χ0) is 14.5. The fourth-order valence-corrected chi connectivity index (χ4v) is 2.25. The van der Waals surface area contributed by atoms with E-state index in [1.807, 2.05) is 20.8 Å². The molecular weight excluding hydrogens is 244 g/mol. The molecule has 0 spiro atoms. The summed E-state index contributed by atoms with van der Waals surface area (Å²) in [5.41, 5.74) is -0.473. The Kier molecular flexibility index (Phi) is 5.63. The van der Waals surface area contributed by atoms with Crippen LogP contribution in [0.15, 0.2) is 0 Å². The first kappa shape index (κ1) is 15.8. The van der Waals surface area contributed by atoms with Crippen LogP contribution < -0.4 is 5.32 Å². The summed E-state index contributed by atoms with van der Waals surface area (Å²) in [6.07, 6.45) is 3.24. The van der Waals surface area contributed by atoms with Gasteiger partial charge in [-0.1, -0.05) is 6.42 Å². The molecule has 5 nitrogen and oxygen atoms in total. The van der Waals surface area contributed by atoms with Crippen molar-refractivity contribution in [2.75, 3.05) is 20.1 Å². The molecule has 110 valence electrons. The Morgan fingerprint density at radius 3 is 2.58 bits per heavy atom. The van der Waals surface area contributed by atoms with Crippen LogP contribution in [-0.4, -0.2) is 42.6 Å². The van der Waals surface area contributed by atoms with Gasteiger partial charge in [-0.05, 0) is 39.5 Å². The predicted octanol–water partition coefficient (Wildman–Crippen LogP) is 2.16. The number of ether oxygens (including phenoxy) is 1. The van der Waals surface area contributed by atoms with Gasteiger partial charge in [0.2, 0.25) is 5.91 Å². The number of carbonyl (C=O) groups excluding carboxylic acids is 2. The number of hydrogen-bond donors (Lipinski definition) is 1. The third-order valence-corrected chi connectivity index (χ3v) is 3.17. The van der Waals surface area contributed by atoms with Crippen LogP contribution in [0.5, 0.6) is 0 Å². The third-order valence-electron chi connectivity index (χ3n) is 3.17. The quantitative estimate of drug-likeness (QED) is 0.836. The number of carbonyl (C=O) groups is 2. The summed E-state index contributed by atoms with van der Waals surface area (Å²) in [5, 5.41) is 2.64. The smallest absolute Gasteiger partial charge is 0.410 e. The van der Waals surface area contributed by atoms with Gasteiger partial charge >= 0.3 is 6.09 Å². The number of rotatable bonds is 2. The summed E-state index contributed by atoms with van der Waals surface area (Å²) >= 11 is 0. The van der Waals surface area contributed by atoms with Gasteiger partial charge in [0.05, 0.1) is 0 Å². The number of nitrogens with one attached hydrogen (secondary N) is 1. The highest BCUT2D eigenvalue weighted by atomic mass is 16.6. The van der Waals surface area contributed by atoms with Crippen LogP contribution in [0, 0.1) is 5.92 Å². The van der Waals surface area contributed by atoms with Gasteiger partial charge in [-0.25, -0.2) is 4.79 Å². The van der Waals surface area contributed by atoms with Gasteiger partial charge in [-0.2, -0.15) is 0 Å². The van der Waals surface area contributed by atoms with E-state index in [-0.39, 0.29) is 17.9 Å². The summed E-state index contributed by atoms with van der Waals surface area (Å²) in [6.45, 7) is 6.93. The van der Waals surface area contributed by atoms with Gasteiger partial charge in [0.15, 0.2) is 0 Å². The summed E-state index contributed by atoms with van der Waals surface area (Å²) in [5.74, 6) is 0.269. The summed E-state index contributed by atoms with van der Waals surface area (Å²) in [4.78, 5) is 25.3. The molecule has 19 heavy (non-hydrogen) atoms. The Bertz CT molecular complexity index is 323. The lowest BCUT2D eigenvalue weighted by Crippen LogP contribution is -2.39. The minimum Gasteiger partial charge on any atom is -0.444 e. The van der Waals surface area contributed by atoms with Crippen LogP contribution in [0.3, 0.4) is 0 Å². The maximum absolute atomic E-state index is 12.1. The molecule has 1 unspecified atom stereocenters. The maximum atomic E-state index is 12.1. The largest absolute Gasteiger partial charge is 0.444 e. The minimum absolute atomic E-state index is 0.0380. The number of likely N-dealkylation sites (tertiary alicyclic amines) is 1. The summed E-state index contributed by atoms with van der Waals surface area (Å²) in [6, 6.07) is 0. The lowest BCUT2D eigenvalue weighted by Gasteiger charge is -2.28. The van der Waals surface area contributed by atoms with Crippen LogP contribution in [-0.2, 0) is 9.53 Å². The van der Waals surface area contributed by atoms with Crippen molar-refractivity contribution < 1.29 is 14.3 Å². The molecule has 0 bridgehead atoms. The van der Waals surface area contributed by atoms with Crippen LogP contribution in [0.25, 0.3) is 0 Å². The van der Waals surface area contributed by atoms with Crippen molar-refractivity contribution in [1.29, 1.82) is 0 Å². The van der Waals surface area contributed by atoms with Crippen LogP contribution >= 0.6 is 0 Å². The molecule has 1 aliphatic heterocycles. The van der Waals surface area contributed by atoms with E-state index in [1.54, 1.807) is 11.9 Å². The third kappa shape index (κ3) is 5.94. The highest BCUT2D eigenvalue weighted by Crippen LogP contribution is 2.21.